The maximum atomic E-state index is 10.3. The number of amidine groups is 1. The Kier molecular flexibility index (Phi) is 5.59. The summed E-state index contributed by atoms with van der Waals surface area (Å²) in [4.78, 5) is 4.32. The summed E-state index contributed by atoms with van der Waals surface area (Å²) in [5.41, 5.74) is -0.204. The highest BCUT2D eigenvalue weighted by atomic mass is 32.2. The number of aliphatic hydroxyl groups excluding tert-OH is 2. The maximum absolute atomic E-state index is 10.3. The number of ether oxygens (including phenoxy) is 2. The molecule has 0 aromatic carbocycles. The van der Waals surface area contributed by atoms with Gasteiger partial charge in [-0.15, -0.1) is 0 Å². The van der Waals surface area contributed by atoms with Gasteiger partial charge in [0.2, 0.25) is 0 Å². The Hall–Kier alpha value is -0.380. The fraction of sp³-hybridized carbons (Fsp3) is 0.929. The van der Waals surface area contributed by atoms with Crippen molar-refractivity contribution in [3.63, 3.8) is 0 Å². The minimum absolute atomic E-state index is 0.204. The molecule has 0 aromatic rings. The fourth-order valence-corrected chi connectivity index (χ4v) is 4.25. The summed E-state index contributed by atoms with van der Waals surface area (Å²) in [6, 6.07) is 0.0932. The molecule has 0 saturated carbocycles. The largest absolute Gasteiger partial charge is 0.388 e. The molecule has 5 atom stereocenters. The number of nitrogens with zero attached hydrogens (tertiary/aromatic N) is 1. The van der Waals surface area contributed by atoms with E-state index in [2.05, 4.69) is 15.6 Å². The molecule has 8 heteroatoms. The molecule has 5 unspecified atom stereocenters. The first-order valence-corrected chi connectivity index (χ1v) is 8.87. The van der Waals surface area contributed by atoms with Crippen LogP contribution >= 0.6 is 11.8 Å². The second-order valence-electron chi connectivity index (χ2n) is 5.89. The minimum atomic E-state index is -0.900. The van der Waals surface area contributed by atoms with Gasteiger partial charge in [-0.05, 0) is 19.8 Å². The number of hydrogen-bond donors (Lipinski definition) is 4. The van der Waals surface area contributed by atoms with Crippen LogP contribution in [0.25, 0.3) is 0 Å². The van der Waals surface area contributed by atoms with Crippen molar-refractivity contribution in [2.45, 2.75) is 55.6 Å². The van der Waals surface area contributed by atoms with Gasteiger partial charge in [0.05, 0.1) is 6.04 Å². The minimum Gasteiger partial charge on any atom is -0.388 e. The van der Waals surface area contributed by atoms with Crippen molar-refractivity contribution in [3.05, 3.63) is 0 Å². The topological polar surface area (TPSA) is 95.3 Å². The molecule has 0 spiro atoms. The van der Waals surface area contributed by atoms with Crippen molar-refractivity contribution in [3.8, 4) is 0 Å². The van der Waals surface area contributed by atoms with Crippen molar-refractivity contribution >= 4 is 16.9 Å². The molecule has 126 valence electrons. The molecule has 0 amide bonds. The highest BCUT2D eigenvalue weighted by Gasteiger charge is 2.48. The Bertz CT molecular complexity index is 406. The molecular weight excluding hydrogens is 306 g/mol. The molecule has 22 heavy (non-hydrogen) atoms. The smallest absolute Gasteiger partial charge is 0.159 e. The summed E-state index contributed by atoms with van der Waals surface area (Å²) in [7, 11) is 0. The summed E-state index contributed by atoms with van der Waals surface area (Å²) in [5, 5.41) is 28.0. The maximum Gasteiger partial charge on any atom is 0.159 e. The van der Waals surface area contributed by atoms with Crippen LogP contribution in [0.2, 0.25) is 0 Å². The zero-order valence-electron chi connectivity index (χ0n) is 12.8. The Labute approximate surface area is 134 Å². The fourth-order valence-electron chi connectivity index (χ4n) is 3.05. The van der Waals surface area contributed by atoms with E-state index < -0.39 is 18.3 Å². The van der Waals surface area contributed by atoms with E-state index in [1.807, 2.05) is 6.92 Å². The monoisotopic (exact) mass is 331 g/mol. The van der Waals surface area contributed by atoms with E-state index in [1.165, 1.54) is 11.8 Å². The van der Waals surface area contributed by atoms with Gasteiger partial charge in [0.1, 0.15) is 23.7 Å². The molecule has 3 rings (SSSR count). The first kappa shape index (κ1) is 16.5. The second-order valence-corrected chi connectivity index (χ2v) is 6.97. The SMILES string of the molecule is CCN=C1NC2C(OC(CNC3CCOCC3)C(O)C2O)S1. The quantitative estimate of drug-likeness (QED) is 0.540. The molecule has 0 radical (unpaired) electrons. The third-order valence-electron chi connectivity index (χ3n) is 4.35. The van der Waals surface area contributed by atoms with Crippen molar-refractivity contribution in [1.29, 1.82) is 0 Å². The average Bonchev–Trinajstić information content (AvgIpc) is 2.94. The Balaban J connectivity index is 1.56. The third-order valence-corrected chi connectivity index (χ3v) is 5.46. The summed E-state index contributed by atoms with van der Waals surface area (Å²) in [5.74, 6) is 0. The molecule has 0 bridgehead atoms. The molecule has 7 nitrogen and oxygen atoms in total. The van der Waals surface area contributed by atoms with Crippen molar-refractivity contribution in [1.82, 2.24) is 10.6 Å². The predicted octanol–water partition coefficient (Wildman–Crippen LogP) is -0.717. The molecule has 0 aromatic heterocycles. The molecule has 4 N–H and O–H groups in total. The van der Waals surface area contributed by atoms with Gasteiger partial charge in [0, 0.05) is 32.3 Å². The first-order chi connectivity index (χ1) is 10.7. The van der Waals surface area contributed by atoms with Gasteiger partial charge in [-0.25, -0.2) is 0 Å². The first-order valence-electron chi connectivity index (χ1n) is 7.99. The molecular formula is C14H25N3O4S. The van der Waals surface area contributed by atoms with Crippen LogP contribution in [0, 0.1) is 0 Å². The Morgan fingerprint density at radius 1 is 1.32 bits per heavy atom. The van der Waals surface area contributed by atoms with Gasteiger partial charge >= 0.3 is 0 Å². The van der Waals surface area contributed by atoms with E-state index in [0.29, 0.717) is 19.1 Å². The third kappa shape index (κ3) is 3.58. The van der Waals surface area contributed by atoms with E-state index in [4.69, 9.17) is 9.47 Å². The van der Waals surface area contributed by atoms with Crippen LogP contribution in [-0.2, 0) is 9.47 Å². The second kappa shape index (κ2) is 7.46. The number of nitrogens with one attached hydrogen (secondary N) is 2. The van der Waals surface area contributed by atoms with Crippen LogP contribution in [0.4, 0.5) is 0 Å². The van der Waals surface area contributed by atoms with Crippen LogP contribution in [0.5, 0.6) is 0 Å². The van der Waals surface area contributed by atoms with E-state index in [-0.39, 0.29) is 11.5 Å². The van der Waals surface area contributed by atoms with Gasteiger partial charge in [0.25, 0.3) is 0 Å². The lowest BCUT2D eigenvalue weighted by molar-refractivity contribution is -0.154. The van der Waals surface area contributed by atoms with Crippen LogP contribution in [0.3, 0.4) is 0 Å². The van der Waals surface area contributed by atoms with E-state index in [9.17, 15) is 10.2 Å². The number of aliphatic hydroxyl groups is 2. The molecule has 3 aliphatic rings. The zero-order valence-corrected chi connectivity index (χ0v) is 13.6. The number of rotatable bonds is 4. The Morgan fingerprint density at radius 3 is 2.82 bits per heavy atom. The van der Waals surface area contributed by atoms with Crippen LogP contribution in [-0.4, -0.2) is 77.5 Å². The van der Waals surface area contributed by atoms with Crippen LogP contribution in [0.15, 0.2) is 4.99 Å². The molecule has 3 heterocycles. The zero-order chi connectivity index (χ0) is 15.5. The van der Waals surface area contributed by atoms with Gasteiger partial charge in [-0.3, -0.25) is 4.99 Å². The van der Waals surface area contributed by atoms with Gasteiger partial charge in [-0.1, -0.05) is 11.8 Å². The summed E-state index contributed by atoms with van der Waals surface area (Å²) in [6.07, 6.45) is -0.212. The highest BCUT2D eigenvalue weighted by Crippen LogP contribution is 2.33. The van der Waals surface area contributed by atoms with Crippen LogP contribution < -0.4 is 10.6 Å². The van der Waals surface area contributed by atoms with Crippen molar-refractivity contribution in [2.75, 3.05) is 26.3 Å². The van der Waals surface area contributed by atoms with Crippen molar-refractivity contribution in [2.24, 2.45) is 4.99 Å². The van der Waals surface area contributed by atoms with E-state index >= 15 is 0 Å². The van der Waals surface area contributed by atoms with Crippen LogP contribution in [0.1, 0.15) is 19.8 Å². The van der Waals surface area contributed by atoms with Crippen molar-refractivity contribution < 1.29 is 19.7 Å². The van der Waals surface area contributed by atoms with E-state index in [1.54, 1.807) is 0 Å². The number of fused-ring (bicyclic) bond motifs is 1. The van der Waals surface area contributed by atoms with Gasteiger partial charge in [0.15, 0.2) is 5.17 Å². The van der Waals surface area contributed by atoms with Gasteiger partial charge in [-0.2, -0.15) is 0 Å². The van der Waals surface area contributed by atoms with Gasteiger partial charge < -0.3 is 30.3 Å². The average molecular weight is 331 g/mol. The normalized spacial score (nSPS) is 41.4. The summed E-state index contributed by atoms with van der Waals surface area (Å²) in [6.45, 7) is 4.73. The molecule has 3 fully saturated rings. The van der Waals surface area contributed by atoms with E-state index in [0.717, 1.165) is 31.2 Å². The number of hydrogen-bond acceptors (Lipinski definition) is 7. The lowest BCUT2D eigenvalue weighted by atomic mass is 9.97. The standard InChI is InChI=1S/C14H25N3O4S/c1-2-15-14-17-10-12(19)11(18)9(21-13(10)22-14)7-16-8-3-5-20-6-4-8/h8-13,16,18-19H,2-7H2,1H3,(H,15,17). The Morgan fingerprint density at radius 2 is 2.09 bits per heavy atom. The highest BCUT2D eigenvalue weighted by molar-refractivity contribution is 8.14. The number of aliphatic imine (C=N–C) groups is 1. The summed E-state index contributed by atoms with van der Waals surface area (Å²) >= 11 is 1.49. The summed E-state index contributed by atoms with van der Waals surface area (Å²) < 4.78 is 11.3. The molecule has 0 aliphatic carbocycles. The molecule has 3 aliphatic heterocycles. The number of thioether (sulfide) groups is 1. The predicted molar refractivity (Wildman–Crippen MR) is 85.0 cm³/mol. The molecule has 3 saturated heterocycles. The lowest BCUT2D eigenvalue weighted by Gasteiger charge is -2.39. The lowest BCUT2D eigenvalue weighted by Crippen LogP contribution is -2.61.